The van der Waals surface area contributed by atoms with Crippen LogP contribution in [0, 0.1) is 17.0 Å². The van der Waals surface area contributed by atoms with Gasteiger partial charge < -0.3 is 20.1 Å². The van der Waals surface area contributed by atoms with Crippen molar-refractivity contribution in [2.75, 3.05) is 26.3 Å². The smallest absolute Gasteiger partial charge is 0.325 e. The number of ether oxygens (including phenoxy) is 2. The molecule has 0 radical (unpaired) electrons. The molecule has 0 aromatic heterocycles. The number of amides is 2. The van der Waals surface area contributed by atoms with E-state index in [1.54, 1.807) is 0 Å². The summed E-state index contributed by atoms with van der Waals surface area (Å²) in [4.78, 5) is 45.4. The second-order valence-corrected chi connectivity index (χ2v) is 6.04. The van der Waals surface area contributed by atoms with Crippen molar-refractivity contribution in [2.24, 2.45) is 0 Å². The fraction of sp³-hybridized carbons (Fsp3) is 0.471. The number of nitrogens with one attached hydrogen (secondary N) is 2. The number of nitrogens with zero attached hydrogens (tertiary/aromatic N) is 1. The molecule has 2 rings (SSSR count). The highest BCUT2D eigenvalue weighted by Gasteiger charge is 2.17. The second-order valence-electron chi connectivity index (χ2n) is 6.04. The number of hydrogen-bond donors (Lipinski definition) is 2. The van der Waals surface area contributed by atoms with Gasteiger partial charge in [0.15, 0.2) is 6.61 Å². The van der Waals surface area contributed by atoms with E-state index in [2.05, 4.69) is 10.6 Å². The maximum atomic E-state index is 12.0. The number of rotatable bonds is 8. The first-order valence-electron chi connectivity index (χ1n) is 8.44. The first-order chi connectivity index (χ1) is 12.9. The zero-order chi connectivity index (χ0) is 19.8. The molecule has 1 aromatic carbocycles. The average molecular weight is 379 g/mol. The van der Waals surface area contributed by atoms with Crippen LogP contribution >= 0.6 is 0 Å². The minimum absolute atomic E-state index is 0.00547. The monoisotopic (exact) mass is 379 g/mol. The van der Waals surface area contributed by atoms with Gasteiger partial charge in [-0.1, -0.05) is 0 Å². The van der Waals surface area contributed by atoms with Crippen molar-refractivity contribution >= 4 is 23.5 Å². The summed E-state index contributed by atoms with van der Waals surface area (Å²) in [6, 6.07) is 3.88. The topological polar surface area (TPSA) is 137 Å². The molecule has 1 aliphatic heterocycles. The highest BCUT2D eigenvalue weighted by atomic mass is 16.6. The van der Waals surface area contributed by atoms with Gasteiger partial charge in [-0.05, 0) is 31.9 Å². The van der Waals surface area contributed by atoms with Crippen LogP contribution in [0.2, 0.25) is 0 Å². The molecule has 2 N–H and O–H groups in total. The van der Waals surface area contributed by atoms with Crippen LogP contribution in [0.3, 0.4) is 0 Å². The molecule has 0 aliphatic carbocycles. The summed E-state index contributed by atoms with van der Waals surface area (Å²) >= 11 is 0. The summed E-state index contributed by atoms with van der Waals surface area (Å²) in [6.07, 6.45) is 1.84. The SMILES string of the molecule is Cc1cc(C(=O)NCC(=O)OCC(=O)NC[C@@H]2CCCO2)ccc1[N+](=O)[O-]. The van der Waals surface area contributed by atoms with Crippen LogP contribution in [0.15, 0.2) is 18.2 Å². The normalized spacial score (nSPS) is 15.8. The minimum Gasteiger partial charge on any atom is -0.454 e. The van der Waals surface area contributed by atoms with Gasteiger partial charge in [0.25, 0.3) is 17.5 Å². The average Bonchev–Trinajstić information content (AvgIpc) is 3.15. The standard InChI is InChI=1S/C17H21N3O7/c1-11-7-12(4-5-14(11)20(24)25)17(23)19-9-16(22)27-10-15(21)18-8-13-3-2-6-26-13/h4-5,7,13H,2-3,6,8-10H2,1H3,(H,18,21)(H,19,23)/t13-/m0/s1. The molecule has 0 saturated carbocycles. The Balaban J connectivity index is 1.69. The number of benzene rings is 1. The van der Waals surface area contributed by atoms with Gasteiger partial charge in [0, 0.05) is 30.3 Å². The van der Waals surface area contributed by atoms with Crippen molar-refractivity contribution in [1.29, 1.82) is 0 Å². The third kappa shape index (κ3) is 6.33. The van der Waals surface area contributed by atoms with E-state index in [1.807, 2.05) is 0 Å². The Kier molecular flexibility index (Phi) is 7.24. The minimum atomic E-state index is -0.769. The molecule has 10 heteroatoms. The van der Waals surface area contributed by atoms with Crippen molar-refractivity contribution < 1.29 is 28.8 Å². The van der Waals surface area contributed by atoms with E-state index < -0.39 is 35.9 Å². The number of nitro benzene ring substituents is 1. The second kappa shape index (κ2) is 9.62. The molecule has 1 aromatic rings. The van der Waals surface area contributed by atoms with E-state index in [9.17, 15) is 24.5 Å². The van der Waals surface area contributed by atoms with E-state index in [1.165, 1.54) is 25.1 Å². The predicted octanol–water partition coefficient (Wildman–Crippen LogP) is 0.471. The van der Waals surface area contributed by atoms with E-state index in [4.69, 9.17) is 9.47 Å². The molecule has 146 valence electrons. The lowest BCUT2D eigenvalue weighted by Gasteiger charge is -2.11. The van der Waals surface area contributed by atoms with Gasteiger partial charge in [0.1, 0.15) is 6.54 Å². The zero-order valence-corrected chi connectivity index (χ0v) is 14.9. The summed E-state index contributed by atoms with van der Waals surface area (Å²) in [6.45, 7) is 1.69. The summed E-state index contributed by atoms with van der Waals surface area (Å²) in [5.74, 6) is -1.79. The third-order valence-corrected chi connectivity index (χ3v) is 3.96. The fourth-order valence-electron chi connectivity index (χ4n) is 2.54. The van der Waals surface area contributed by atoms with Gasteiger partial charge in [-0.2, -0.15) is 0 Å². The number of aryl methyl sites for hydroxylation is 1. The van der Waals surface area contributed by atoms with Crippen molar-refractivity contribution in [2.45, 2.75) is 25.9 Å². The van der Waals surface area contributed by atoms with Crippen LogP contribution in [-0.2, 0) is 19.1 Å². The van der Waals surface area contributed by atoms with E-state index in [0.29, 0.717) is 18.7 Å². The molecule has 0 unspecified atom stereocenters. The van der Waals surface area contributed by atoms with Gasteiger partial charge in [0.05, 0.1) is 11.0 Å². The molecular weight excluding hydrogens is 358 g/mol. The van der Waals surface area contributed by atoms with Gasteiger partial charge in [-0.3, -0.25) is 24.5 Å². The number of carbonyl (C=O) groups is 3. The Morgan fingerprint density at radius 2 is 2.11 bits per heavy atom. The van der Waals surface area contributed by atoms with Crippen molar-refractivity contribution in [1.82, 2.24) is 10.6 Å². The van der Waals surface area contributed by atoms with Crippen LogP contribution in [0.4, 0.5) is 5.69 Å². The molecule has 0 spiro atoms. The summed E-state index contributed by atoms with van der Waals surface area (Å²) in [5.41, 5.74) is 0.415. The molecule has 1 heterocycles. The molecular formula is C17H21N3O7. The van der Waals surface area contributed by atoms with E-state index >= 15 is 0 Å². The molecule has 1 fully saturated rings. The van der Waals surface area contributed by atoms with Crippen LogP contribution in [0.1, 0.15) is 28.8 Å². The number of esters is 1. The lowest BCUT2D eigenvalue weighted by Crippen LogP contribution is -2.36. The van der Waals surface area contributed by atoms with Crippen LogP contribution in [-0.4, -0.2) is 55.1 Å². The Morgan fingerprint density at radius 1 is 1.33 bits per heavy atom. The van der Waals surface area contributed by atoms with Crippen LogP contribution in [0.5, 0.6) is 0 Å². The van der Waals surface area contributed by atoms with E-state index in [0.717, 1.165) is 12.8 Å². The lowest BCUT2D eigenvalue weighted by atomic mass is 10.1. The van der Waals surface area contributed by atoms with Crippen molar-refractivity contribution in [3.63, 3.8) is 0 Å². The highest BCUT2D eigenvalue weighted by molar-refractivity contribution is 5.96. The summed E-state index contributed by atoms with van der Waals surface area (Å²) in [7, 11) is 0. The van der Waals surface area contributed by atoms with Gasteiger partial charge in [0.2, 0.25) is 0 Å². The molecule has 27 heavy (non-hydrogen) atoms. The molecule has 1 aliphatic rings. The van der Waals surface area contributed by atoms with Crippen LogP contribution in [0.25, 0.3) is 0 Å². The molecule has 10 nitrogen and oxygen atoms in total. The Hall–Kier alpha value is -3.01. The van der Waals surface area contributed by atoms with Crippen LogP contribution < -0.4 is 10.6 Å². The van der Waals surface area contributed by atoms with Crippen molar-refractivity contribution in [3.8, 4) is 0 Å². The van der Waals surface area contributed by atoms with Gasteiger partial charge >= 0.3 is 5.97 Å². The zero-order valence-electron chi connectivity index (χ0n) is 14.9. The maximum absolute atomic E-state index is 12.0. The Morgan fingerprint density at radius 3 is 2.74 bits per heavy atom. The Bertz CT molecular complexity index is 729. The lowest BCUT2D eigenvalue weighted by molar-refractivity contribution is -0.385. The molecule has 0 bridgehead atoms. The number of carbonyl (C=O) groups excluding carboxylic acids is 3. The van der Waals surface area contributed by atoms with Crippen molar-refractivity contribution in [3.05, 3.63) is 39.4 Å². The Labute approximate surface area is 155 Å². The first-order valence-corrected chi connectivity index (χ1v) is 8.44. The van der Waals surface area contributed by atoms with E-state index in [-0.39, 0.29) is 17.4 Å². The third-order valence-electron chi connectivity index (χ3n) is 3.96. The summed E-state index contributed by atoms with van der Waals surface area (Å²) in [5, 5.41) is 15.7. The van der Waals surface area contributed by atoms with Gasteiger partial charge in [-0.15, -0.1) is 0 Å². The fourth-order valence-corrected chi connectivity index (χ4v) is 2.54. The predicted molar refractivity (Wildman–Crippen MR) is 93.1 cm³/mol. The maximum Gasteiger partial charge on any atom is 0.325 e. The molecule has 1 atom stereocenters. The van der Waals surface area contributed by atoms with Gasteiger partial charge in [-0.25, -0.2) is 0 Å². The molecule has 1 saturated heterocycles. The molecule has 2 amide bonds. The summed E-state index contributed by atoms with van der Waals surface area (Å²) < 4.78 is 10.1. The number of hydrogen-bond acceptors (Lipinski definition) is 7. The highest BCUT2D eigenvalue weighted by Crippen LogP contribution is 2.18. The first kappa shape index (κ1) is 20.3. The quantitative estimate of drug-likeness (QED) is 0.380. The largest absolute Gasteiger partial charge is 0.454 e. The number of nitro groups is 1.